The fourth-order valence-electron chi connectivity index (χ4n) is 1.65. The quantitative estimate of drug-likeness (QED) is 0.920. The molecule has 0 spiro atoms. The maximum Gasteiger partial charge on any atom is 0.407 e. The number of ether oxygens (including phenoxy) is 3. The Labute approximate surface area is 119 Å². The molecule has 1 aromatic rings. The van der Waals surface area contributed by atoms with E-state index in [9.17, 15) is 4.79 Å². The Morgan fingerprint density at radius 2 is 1.89 bits per heavy atom. The third-order valence-corrected chi connectivity index (χ3v) is 3.33. The predicted octanol–water partition coefficient (Wildman–Crippen LogP) is 2.67. The van der Waals surface area contributed by atoms with Crippen LogP contribution in [-0.4, -0.2) is 26.9 Å². The molecule has 0 radical (unpaired) electrons. The minimum Gasteiger partial charge on any atom is -0.495 e. The van der Waals surface area contributed by atoms with E-state index in [0.29, 0.717) is 18.1 Å². The minimum atomic E-state index is -0.407. The summed E-state index contributed by atoms with van der Waals surface area (Å²) in [4.78, 5) is 11.0. The molecule has 18 heavy (non-hydrogen) atoms. The van der Waals surface area contributed by atoms with Crippen molar-refractivity contribution < 1.29 is 19.0 Å². The monoisotopic (exact) mass is 337 g/mol. The van der Waals surface area contributed by atoms with E-state index in [0.717, 1.165) is 10.0 Å². The molecule has 1 aromatic carbocycles. The summed E-state index contributed by atoms with van der Waals surface area (Å²) in [5.74, 6) is 1.31. The summed E-state index contributed by atoms with van der Waals surface area (Å²) in [7, 11) is 3.15. The van der Waals surface area contributed by atoms with Crippen molar-refractivity contribution >= 4 is 34.4 Å². The number of rotatable bonds is 3. The van der Waals surface area contributed by atoms with Gasteiger partial charge < -0.3 is 19.5 Å². The number of amides is 1. The van der Waals surface area contributed by atoms with Crippen molar-refractivity contribution in [2.75, 3.05) is 20.8 Å². The number of methoxy groups -OCH3 is 2. The van der Waals surface area contributed by atoms with E-state index in [4.69, 9.17) is 14.2 Å². The van der Waals surface area contributed by atoms with Crippen LogP contribution in [0.1, 0.15) is 11.6 Å². The van der Waals surface area contributed by atoms with E-state index >= 15 is 0 Å². The number of hydrogen-bond acceptors (Lipinski definition) is 4. The lowest BCUT2D eigenvalue weighted by Gasteiger charge is -2.14. The van der Waals surface area contributed by atoms with E-state index in [-0.39, 0.29) is 18.4 Å². The van der Waals surface area contributed by atoms with E-state index in [1.54, 1.807) is 14.2 Å². The van der Waals surface area contributed by atoms with Crippen LogP contribution < -0.4 is 14.8 Å². The third-order valence-electron chi connectivity index (χ3n) is 2.54. The van der Waals surface area contributed by atoms with Gasteiger partial charge in [0.1, 0.15) is 22.6 Å². The molecule has 0 saturated carbocycles. The number of alkyl carbamates (subject to hydrolysis) is 1. The molecule has 0 aliphatic carbocycles. The fraction of sp³-hybridized carbons (Fsp3) is 0.364. The molecule has 1 atom stereocenters. The first-order chi connectivity index (χ1) is 8.15. The van der Waals surface area contributed by atoms with Gasteiger partial charge in [-0.3, -0.25) is 0 Å². The van der Waals surface area contributed by atoms with Crippen molar-refractivity contribution in [3.63, 3.8) is 0 Å². The molecule has 1 aliphatic heterocycles. The lowest BCUT2D eigenvalue weighted by Crippen LogP contribution is -2.18. The number of cyclic esters (lactones) is 1. The predicted molar refractivity (Wildman–Crippen MR) is 71.7 cm³/mol. The fourth-order valence-corrected chi connectivity index (χ4v) is 2.21. The van der Waals surface area contributed by atoms with Gasteiger partial charge in [0, 0.05) is 0 Å². The average Bonchev–Trinajstić information content (AvgIpc) is 2.76. The Balaban J connectivity index is 0.00000162. The van der Waals surface area contributed by atoms with Gasteiger partial charge in [0.2, 0.25) is 0 Å². The summed E-state index contributed by atoms with van der Waals surface area (Å²) in [6.07, 6.45) is -0.407. The zero-order chi connectivity index (χ0) is 12.4. The molecular formula is C11H13BrClNO4. The molecule has 2 rings (SSSR count). The first-order valence-electron chi connectivity index (χ1n) is 5.00. The summed E-state index contributed by atoms with van der Waals surface area (Å²) in [6.45, 7) is 0.312. The van der Waals surface area contributed by atoms with E-state index in [2.05, 4.69) is 21.2 Å². The van der Waals surface area contributed by atoms with Crippen LogP contribution in [0.15, 0.2) is 16.6 Å². The summed E-state index contributed by atoms with van der Waals surface area (Å²) in [6, 6.07) is 3.51. The highest BCUT2D eigenvalue weighted by Crippen LogP contribution is 2.37. The zero-order valence-electron chi connectivity index (χ0n) is 9.86. The Morgan fingerprint density at radius 1 is 1.33 bits per heavy atom. The van der Waals surface area contributed by atoms with Gasteiger partial charge in [0.15, 0.2) is 0 Å². The van der Waals surface area contributed by atoms with Crippen LogP contribution in [0.3, 0.4) is 0 Å². The van der Waals surface area contributed by atoms with Crippen molar-refractivity contribution in [3.8, 4) is 11.5 Å². The highest BCUT2D eigenvalue weighted by Gasteiger charge is 2.25. The van der Waals surface area contributed by atoms with E-state index in [1.807, 2.05) is 12.1 Å². The molecule has 1 aliphatic rings. The summed E-state index contributed by atoms with van der Waals surface area (Å²) in [5.41, 5.74) is 0.882. The van der Waals surface area contributed by atoms with Gasteiger partial charge in [0.25, 0.3) is 0 Å². The average molecular weight is 339 g/mol. The molecule has 0 unspecified atom stereocenters. The SMILES string of the molecule is COc1cc([C@H]2COC(=O)N2)cc(OC)c1Br.Cl. The first kappa shape index (κ1) is 14.9. The van der Waals surface area contributed by atoms with Gasteiger partial charge in [-0.05, 0) is 33.6 Å². The normalized spacial score (nSPS) is 17.5. The maximum absolute atomic E-state index is 11.0. The second kappa shape index (κ2) is 6.15. The van der Waals surface area contributed by atoms with Gasteiger partial charge in [-0.1, -0.05) is 0 Å². The summed E-state index contributed by atoms with van der Waals surface area (Å²) < 4.78 is 16.1. The summed E-state index contributed by atoms with van der Waals surface area (Å²) in [5, 5.41) is 2.70. The van der Waals surface area contributed by atoms with Crippen LogP contribution in [-0.2, 0) is 4.74 Å². The molecule has 1 N–H and O–H groups in total. The molecular weight excluding hydrogens is 325 g/mol. The number of nitrogens with one attached hydrogen (secondary N) is 1. The second-order valence-electron chi connectivity index (χ2n) is 3.53. The number of carbonyl (C=O) groups is 1. The van der Waals surface area contributed by atoms with Gasteiger partial charge in [-0.25, -0.2) is 4.79 Å². The van der Waals surface area contributed by atoms with Crippen LogP contribution >= 0.6 is 28.3 Å². The lowest BCUT2D eigenvalue weighted by molar-refractivity contribution is 0.177. The van der Waals surface area contributed by atoms with Gasteiger partial charge in [0.05, 0.1) is 20.3 Å². The number of benzene rings is 1. The first-order valence-corrected chi connectivity index (χ1v) is 5.79. The van der Waals surface area contributed by atoms with Crippen LogP contribution in [0.5, 0.6) is 11.5 Å². The topological polar surface area (TPSA) is 56.8 Å². The Hall–Kier alpha value is -1.14. The van der Waals surface area contributed by atoms with Crippen molar-refractivity contribution in [1.82, 2.24) is 5.32 Å². The number of carbonyl (C=O) groups excluding carboxylic acids is 1. The van der Waals surface area contributed by atoms with Crippen molar-refractivity contribution in [2.24, 2.45) is 0 Å². The van der Waals surface area contributed by atoms with Crippen LogP contribution in [0.4, 0.5) is 4.79 Å². The zero-order valence-corrected chi connectivity index (χ0v) is 12.3. The minimum absolute atomic E-state index is 0. The smallest absolute Gasteiger partial charge is 0.407 e. The third kappa shape index (κ3) is 2.81. The second-order valence-corrected chi connectivity index (χ2v) is 4.33. The lowest BCUT2D eigenvalue weighted by atomic mass is 10.1. The molecule has 0 bridgehead atoms. The molecule has 0 aromatic heterocycles. The van der Waals surface area contributed by atoms with Crippen molar-refractivity contribution in [1.29, 1.82) is 0 Å². The largest absolute Gasteiger partial charge is 0.495 e. The van der Waals surface area contributed by atoms with Crippen LogP contribution in [0, 0.1) is 0 Å². The maximum atomic E-state index is 11.0. The number of hydrogen-bond donors (Lipinski definition) is 1. The van der Waals surface area contributed by atoms with Crippen LogP contribution in [0.2, 0.25) is 0 Å². The van der Waals surface area contributed by atoms with Gasteiger partial charge in [-0.15, -0.1) is 12.4 Å². The van der Waals surface area contributed by atoms with E-state index in [1.165, 1.54) is 0 Å². The molecule has 7 heteroatoms. The van der Waals surface area contributed by atoms with Crippen LogP contribution in [0.25, 0.3) is 0 Å². The molecule has 1 heterocycles. The van der Waals surface area contributed by atoms with Crippen molar-refractivity contribution in [2.45, 2.75) is 6.04 Å². The highest BCUT2D eigenvalue weighted by atomic mass is 79.9. The Morgan fingerprint density at radius 3 is 2.28 bits per heavy atom. The summed E-state index contributed by atoms with van der Waals surface area (Å²) >= 11 is 3.39. The Kier molecular flexibility index (Phi) is 5.10. The van der Waals surface area contributed by atoms with E-state index < -0.39 is 6.09 Å². The highest BCUT2D eigenvalue weighted by molar-refractivity contribution is 9.10. The molecule has 1 amide bonds. The number of halogens is 2. The Bertz CT molecular complexity index is 430. The standard InChI is InChI=1S/C11H12BrNO4.ClH/c1-15-8-3-6(4-9(16-2)10(8)12)7-5-17-11(14)13-7;/h3-4,7H,5H2,1-2H3,(H,13,14);1H/t7-;/m1./s1. The molecule has 1 saturated heterocycles. The van der Waals surface area contributed by atoms with Gasteiger partial charge in [-0.2, -0.15) is 0 Å². The molecule has 1 fully saturated rings. The van der Waals surface area contributed by atoms with Crippen molar-refractivity contribution in [3.05, 3.63) is 22.2 Å². The molecule has 5 nitrogen and oxygen atoms in total. The molecule has 100 valence electrons. The van der Waals surface area contributed by atoms with Gasteiger partial charge >= 0.3 is 6.09 Å².